The predicted octanol–water partition coefficient (Wildman–Crippen LogP) is 5.92. The third kappa shape index (κ3) is 19.2. The van der Waals surface area contributed by atoms with Crippen LogP contribution in [0.4, 0.5) is 0 Å². The summed E-state index contributed by atoms with van der Waals surface area (Å²) in [5, 5.41) is 8.14. The average Bonchev–Trinajstić information content (AvgIpc) is 2.50. The lowest BCUT2D eigenvalue weighted by Crippen LogP contribution is -2.24. The van der Waals surface area contributed by atoms with Crippen LogP contribution in [0.1, 0.15) is 110 Å². The highest BCUT2D eigenvalue weighted by atomic mass is 16.7. The molecule has 0 fully saturated rings. The first-order chi connectivity index (χ1) is 10.8. The molecule has 0 aromatic rings. The molecule has 0 amide bonds. The monoisotopic (exact) mass is 315 g/mol. The number of nitrogens with zero attached hydrogens (tertiary/aromatic N) is 1. The van der Waals surface area contributed by atoms with Gasteiger partial charge in [0.1, 0.15) is 4.91 Å². The van der Waals surface area contributed by atoms with E-state index in [1.165, 1.54) is 89.9 Å². The molecule has 0 aliphatic carbocycles. The van der Waals surface area contributed by atoms with Gasteiger partial charge in [0.2, 0.25) is 0 Å². The van der Waals surface area contributed by atoms with E-state index in [2.05, 4.69) is 12.3 Å². The van der Waals surface area contributed by atoms with Gasteiger partial charge in [-0.25, -0.2) is 5.21 Å². The summed E-state index contributed by atoms with van der Waals surface area (Å²) in [6.45, 7) is 2.84. The molecule has 0 aromatic heterocycles. The van der Waals surface area contributed by atoms with E-state index in [4.69, 9.17) is 5.21 Å². The second kappa shape index (κ2) is 18.2. The first-order valence-electron chi connectivity index (χ1n) is 9.67. The van der Waals surface area contributed by atoms with Crippen molar-refractivity contribution in [2.75, 3.05) is 6.54 Å². The molecule has 0 aliphatic heterocycles. The molecule has 2 N–H and O–H groups in total. The minimum absolute atomic E-state index is 0.203. The molecule has 0 heterocycles. The zero-order chi connectivity index (χ0) is 16.3. The van der Waals surface area contributed by atoms with E-state index in [9.17, 15) is 4.91 Å². The van der Waals surface area contributed by atoms with Crippen LogP contribution in [-0.4, -0.2) is 16.8 Å². The molecule has 0 spiro atoms. The second-order valence-electron chi connectivity index (χ2n) is 6.48. The van der Waals surface area contributed by atoms with Crippen molar-refractivity contribution in [3.63, 3.8) is 0 Å². The van der Waals surface area contributed by atoms with Crippen molar-refractivity contribution >= 4 is 0 Å². The van der Waals surface area contributed by atoms with Gasteiger partial charge in [-0.1, -0.05) is 103 Å². The third-order valence-electron chi connectivity index (χ3n) is 4.28. The molecule has 0 unspecified atom stereocenters. The predicted molar refractivity (Wildman–Crippen MR) is 93.0 cm³/mol. The summed E-state index contributed by atoms with van der Waals surface area (Å²) in [5.74, 6) is 0. The van der Waals surface area contributed by atoms with Gasteiger partial charge in [0, 0.05) is 0 Å². The van der Waals surface area contributed by atoms with E-state index in [0.717, 1.165) is 12.8 Å². The van der Waals surface area contributed by atoms with Crippen molar-refractivity contribution in [3.05, 3.63) is 4.91 Å². The van der Waals surface area contributed by atoms with Gasteiger partial charge in [0.05, 0.1) is 6.54 Å². The first kappa shape index (κ1) is 21.2. The van der Waals surface area contributed by atoms with Gasteiger partial charge in [-0.05, 0) is 6.42 Å². The number of rotatable bonds is 18. The van der Waals surface area contributed by atoms with Crippen molar-refractivity contribution in [1.82, 2.24) is 5.43 Å². The van der Waals surface area contributed by atoms with E-state index < -0.39 is 0 Å². The molecule has 0 atom stereocenters. The number of hydrogen-bond donors (Lipinski definition) is 2. The fraction of sp³-hybridized carbons (Fsp3) is 1.00. The smallest absolute Gasteiger partial charge is 0.219 e. The van der Waals surface area contributed by atoms with E-state index in [1.807, 2.05) is 0 Å². The van der Waals surface area contributed by atoms with Crippen LogP contribution in [0.15, 0.2) is 0 Å². The van der Waals surface area contributed by atoms with Crippen molar-refractivity contribution in [1.29, 1.82) is 0 Å². The topological polar surface area (TPSA) is 52.3 Å². The number of hydrogen-bond acceptors (Lipinski definition) is 1. The molecule has 4 nitrogen and oxygen atoms in total. The van der Waals surface area contributed by atoms with Crippen LogP contribution in [0, 0.1) is 4.91 Å². The zero-order valence-electron chi connectivity index (χ0n) is 14.8. The van der Waals surface area contributed by atoms with Crippen LogP contribution in [0.2, 0.25) is 0 Å². The summed E-state index contributed by atoms with van der Waals surface area (Å²) >= 11 is 0. The van der Waals surface area contributed by atoms with E-state index in [1.54, 1.807) is 0 Å². The molecule has 0 aliphatic rings. The summed E-state index contributed by atoms with van der Waals surface area (Å²) in [6.07, 6.45) is 21.5. The first-order valence-corrected chi connectivity index (χ1v) is 9.67. The summed E-state index contributed by atoms with van der Waals surface area (Å²) in [5.41, 5.74) is 2.33. The molecule has 0 saturated carbocycles. The van der Waals surface area contributed by atoms with Crippen molar-refractivity contribution in [3.8, 4) is 0 Å². The molecule has 0 radical (unpaired) electrons. The van der Waals surface area contributed by atoms with Gasteiger partial charge in [-0.3, -0.25) is 0 Å². The number of nitrogens with one attached hydrogen (secondary N) is 1. The Hall–Kier alpha value is -0.800. The molecule has 0 aromatic carbocycles. The molecule has 0 saturated heterocycles. The van der Waals surface area contributed by atoms with Crippen LogP contribution in [-0.2, 0) is 0 Å². The van der Waals surface area contributed by atoms with Crippen molar-refractivity contribution in [2.24, 2.45) is 0 Å². The summed E-state index contributed by atoms with van der Waals surface area (Å²) < 4.78 is 0. The minimum atomic E-state index is -0.203. The Kier molecular flexibility index (Phi) is 17.6. The van der Waals surface area contributed by atoms with Crippen LogP contribution < -0.4 is 5.43 Å². The van der Waals surface area contributed by atoms with Crippen molar-refractivity contribution < 1.29 is 10.2 Å². The molecule has 0 rings (SSSR count). The molecular weight excluding hydrogens is 276 g/mol. The van der Waals surface area contributed by atoms with Gasteiger partial charge >= 0.3 is 5.03 Å². The van der Waals surface area contributed by atoms with Gasteiger partial charge < -0.3 is 0 Å². The second-order valence-corrected chi connectivity index (χ2v) is 6.48. The van der Waals surface area contributed by atoms with E-state index in [-0.39, 0.29) is 5.03 Å². The Morgan fingerprint density at radius 1 is 0.636 bits per heavy atom. The highest BCUT2D eigenvalue weighted by Gasteiger charge is 1.99. The van der Waals surface area contributed by atoms with Crippen molar-refractivity contribution in [2.45, 2.75) is 110 Å². The van der Waals surface area contributed by atoms with Gasteiger partial charge in [0.15, 0.2) is 0 Å². The summed E-state index contributed by atoms with van der Waals surface area (Å²) in [4.78, 5) is 10.2. The fourth-order valence-corrected chi connectivity index (χ4v) is 2.85. The fourth-order valence-electron chi connectivity index (χ4n) is 2.85. The quantitative estimate of drug-likeness (QED) is 0.244. The summed E-state index contributed by atoms with van der Waals surface area (Å²) in [6, 6.07) is 0. The summed E-state index contributed by atoms with van der Waals surface area (Å²) in [7, 11) is 0. The normalized spacial score (nSPS) is 10.8. The van der Waals surface area contributed by atoms with E-state index >= 15 is 0 Å². The van der Waals surface area contributed by atoms with Gasteiger partial charge in [-0.2, -0.15) is 0 Å². The molecule has 4 heteroatoms. The Bertz CT molecular complexity index is 235. The Morgan fingerprint density at radius 2 is 0.955 bits per heavy atom. The largest absolute Gasteiger partial charge is 0.354 e. The molecule has 0 bridgehead atoms. The average molecular weight is 316 g/mol. The lowest BCUT2D eigenvalue weighted by molar-refractivity contribution is -0.832. The Labute approximate surface area is 137 Å². The maximum atomic E-state index is 10.2. The van der Waals surface area contributed by atoms with E-state index in [0.29, 0.717) is 6.54 Å². The maximum absolute atomic E-state index is 10.2. The highest BCUT2D eigenvalue weighted by Crippen LogP contribution is 2.13. The molecule has 22 heavy (non-hydrogen) atoms. The standard InChI is InChI=1S/C18H39N2O2/c1-2-3-4-5-6-7-8-9-10-11-12-13-14-15-16-17-18-19-20(21)22/h19H,2-18H2,1H3,(H,21,22)/q+1. The third-order valence-corrected chi connectivity index (χ3v) is 4.28. The maximum Gasteiger partial charge on any atom is 0.354 e. The zero-order valence-corrected chi connectivity index (χ0v) is 14.8. The van der Waals surface area contributed by atoms with Crippen LogP contribution >= 0.6 is 0 Å². The SMILES string of the molecule is CCCCCCCCCCCCCCCCCCN[N+](=O)O. The Morgan fingerprint density at radius 3 is 1.27 bits per heavy atom. The lowest BCUT2D eigenvalue weighted by Gasteiger charge is -2.03. The highest BCUT2D eigenvalue weighted by molar-refractivity contribution is 4.50. The van der Waals surface area contributed by atoms with Crippen LogP contribution in [0.5, 0.6) is 0 Å². The Balaban J connectivity index is 2.95. The lowest BCUT2D eigenvalue weighted by atomic mass is 10.0. The van der Waals surface area contributed by atoms with Gasteiger partial charge in [-0.15, -0.1) is 5.43 Å². The molecular formula is C18H39N2O2+. The van der Waals surface area contributed by atoms with Crippen LogP contribution in [0.3, 0.4) is 0 Å². The minimum Gasteiger partial charge on any atom is -0.219 e. The molecule has 132 valence electrons. The van der Waals surface area contributed by atoms with Gasteiger partial charge in [0.25, 0.3) is 0 Å². The number of hydrazine groups is 1. The number of unbranched alkanes of at least 4 members (excludes halogenated alkanes) is 15. The van der Waals surface area contributed by atoms with Crippen LogP contribution in [0.25, 0.3) is 0 Å².